The highest BCUT2D eigenvalue weighted by Gasteiger charge is 2.36. The Morgan fingerprint density at radius 1 is 1.25 bits per heavy atom. The van der Waals surface area contributed by atoms with E-state index >= 15 is 0 Å². The number of carbonyl (C=O) groups excluding carboxylic acids is 2. The van der Waals surface area contributed by atoms with Crippen LogP contribution < -0.4 is 9.47 Å². The molecule has 1 aliphatic heterocycles. The van der Waals surface area contributed by atoms with E-state index in [2.05, 4.69) is 26.0 Å². The maximum Gasteiger partial charge on any atom is 0.308 e. The van der Waals surface area contributed by atoms with Gasteiger partial charge in [-0.15, -0.1) is 5.10 Å². The van der Waals surface area contributed by atoms with Gasteiger partial charge >= 0.3 is 5.97 Å². The second-order valence-electron chi connectivity index (χ2n) is 6.05. The summed E-state index contributed by atoms with van der Waals surface area (Å²) < 4.78 is 17.3. The molecule has 0 spiro atoms. The third-order valence-corrected chi connectivity index (χ3v) is 4.36. The third kappa shape index (κ3) is 3.99. The second kappa shape index (κ2) is 7.97. The number of pyridine rings is 1. The number of ether oxygens (including phenoxy) is 3. The highest BCUT2D eigenvalue weighted by Crippen LogP contribution is 2.42. The molecule has 1 aliphatic rings. The lowest BCUT2D eigenvalue weighted by Gasteiger charge is -2.22. The van der Waals surface area contributed by atoms with Crippen LogP contribution in [0, 0.1) is 6.92 Å². The monoisotopic (exact) mass is 447 g/mol. The lowest BCUT2D eigenvalue weighted by Crippen LogP contribution is -2.26. The fourth-order valence-electron chi connectivity index (χ4n) is 2.66. The minimum atomic E-state index is -0.936. The molecule has 0 saturated carbocycles. The first-order chi connectivity index (χ1) is 13.3. The van der Waals surface area contributed by atoms with Gasteiger partial charge in [-0.05, 0) is 31.2 Å². The van der Waals surface area contributed by atoms with Gasteiger partial charge in [-0.2, -0.15) is 5.01 Å². The molecule has 2 aromatic rings. The molecule has 146 valence electrons. The molecule has 8 nitrogen and oxygen atoms in total. The lowest BCUT2D eigenvalue weighted by molar-refractivity contribution is -0.135. The van der Waals surface area contributed by atoms with Gasteiger partial charge in [0.15, 0.2) is 11.5 Å². The zero-order valence-corrected chi connectivity index (χ0v) is 17.3. The van der Waals surface area contributed by atoms with Gasteiger partial charge in [0.25, 0.3) is 0 Å². The van der Waals surface area contributed by atoms with E-state index in [-0.39, 0.29) is 17.6 Å². The highest BCUT2D eigenvalue weighted by atomic mass is 79.9. The molecule has 28 heavy (non-hydrogen) atoms. The highest BCUT2D eigenvalue weighted by molar-refractivity contribution is 9.10. The van der Waals surface area contributed by atoms with E-state index in [4.69, 9.17) is 14.2 Å². The fourth-order valence-corrected chi connectivity index (χ4v) is 3.11. The second-order valence-corrected chi connectivity index (χ2v) is 6.96. The summed E-state index contributed by atoms with van der Waals surface area (Å²) in [5.74, 6) is -0.156. The van der Waals surface area contributed by atoms with Gasteiger partial charge in [0, 0.05) is 30.2 Å². The molecule has 0 unspecified atom stereocenters. The summed E-state index contributed by atoms with van der Waals surface area (Å²) >= 11 is 3.40. The normalized spacial score (nSPS) is 15.7. The minimum absolute atomic E-state index is 0.160. The summed E-state index contributed by atoms with van der Waals surface area (Å²) in [5.41, 5.74) is 1.88. The Bertz CT molecular complexity index is 959. The number of hydrogen-bond acceptors (Lipinski definition) is 7. The van der Waals surface area contributed by atoms with Crippen molar-refractivity contribution < 1.29 is 23.8 Å². The molecule has 0 radical (unpaired) electrons. The Labute approximate surface area is 170 Å². The first-order valence-electron chi connectivity index (χ1n) is 8.34. The fraction of sp³-hybridized carbons (Fsp3) is 0.263. The van der Waals surface area contributed by atoms with Crippen molar-refractivity contribution in [3.63, 3.8) is 0 Å². The Balaban J connectivity index is 2.07. The van der Waals surface area contributed by atoms with Crippen LogP contribution in [0.2, 0.25) is 0 Å². The van der Waals surface area contributed by atoms with Crippen molar-refractivity contribution in [3.8, 4) is 11.5 Å². The van der Waals surface area contributed by atoms with E-state index in [0.717, 1.165) is 5.69 Å². The Hall–Kier alpha value is -2.94. The van der Waals surface area contributed by atoms with Crippen LogP contribution >= 0.6 is 15.9 Å². The molecule has 9 heteroatoms. The van der Waals surface area contributed by atoms with Crippen molar-refractivity contribution >= 4 is 33.7 Å². The number of aromatic nitrogens is 1. The first kappa shape index (κ1) is 19.8. The number of halogens is 1. The molecular formula is C19H18BrN3O5. The van der Waals surface area contributed by atoms with E-state index in [1.807, 2.05) is 13.0 Å². The van der Waals surface area contributed by atoms with Gasteiger partial charge in [-0.25, -0.2) is 0 Å². The van der Waals surface area contributed by atoms with Crippen LogP contribution in [-0.2, 0) is 14.3 Å². The van der Waals surface area contributed by atoms with Gasteiger partial charge in [0.2, 0.25) is 18.0 Å². The molecule has 1 aromatic carbocycles. The summed E-state index contributed by atoms with van der Waals surface area (Å²) in [7, 11) is 1.46. The molecule has 0 bridgehead atoms. The number of hydrogen-bond donors (Lipinski definition) is 0. The van der Waals surface area contributed by atoms with Crippen LogP contribution in [0.4, 0.5) is 0 Å². The largest absolute Gasteiger partial charge is 0.493 e. The van der Waals surface area contributed by atoms with Crippen LogP contribution in [0.5, 0.6) is 11.5 Å². The van der Waals surface area contributed by atoms with Crippen molar-refractivity contribution in [2.75, 3.05) is 7.11 Å². The van der Waals surface area contributed by atoms with Crippen molar-refractivity contribution in [3.05, 3.63) is 51.8 Å². The van der Waals surface area contributed by atoms with E-state index in [0.29, 0.717) is 21.3 Å². The molecule has 1 atom stereocenters. The van der Waals surface area contributed by atoms with Gasteiger partial charge < -0.3 is 14.2 Å². The molecule has 0 aliphatic carbocycles. The number of amides is 1. The van der Waals surface area contributed by atoms with Crippen molar-refractivity contribution in [2.45, 2.75) is 27.0 Å². The van der Waals surface area contributed by atoms with E-state index in [1.54, 1.807) is 24.4 Å². The molecule has 2 heterocycles. The molecule has 0 fully saturated rings. The Kier molecular flexibility index (Phi) is 5.64. The lowest BCUT2D eigenvalue weighted by atomic mass is 10.1. The predicted molar refractivity (Wildman–Crippen MR) is 104 cm³/mol. The van der Waals surface area contributed by atoms with E-state index in [9.17, 15) is 9.59 Å². The van der Waals surface area contributed by atoms with Crippen LogP contribution in [0.25, 0.3) is 0 Å². The van der Waals surface area contributed by atoms with Crippen molar-refractivity contribution in [2.24, 2.45) is 5.10 Å². The van der Waals surface area contributed by atoms with Gasteiger partial charge in [-0.3, -0.25) is 14.6 Å². The quantitative estimate of drug-likeness (QED) is 0.527. The SMILES string of the molecule is COc1cc(Br)cc([C@@H]2OC(c3ccc(C)nc3)=NN2C(C)=O)c1OC(C)=O. The van der Waals surface area contributed by atoms with Crippen molar-refractivity contribution in [1.82, 2.24) is 9.99 Å². The molecule has 3 rings (SSSR count). The number of nitrogens with zero attached hydrogens (tertiary/aromatic N) is 3. The maximum absolute atomic E-state index is 12.2. The topological polar surface area (TPSA) is 90.3 Å². The molecule has 0 saturated heterocycles. The van der Waals surface area contributed by atoms with Crippen molar-refractivity contribution in [1.29, 1.82) is 0 Å². The van der Waals surface area contributed by atoms with E-state index in [1.165, 1.54) is 26.0 Å². The van der Waals surface area contributed by atoms with Gasteiger partial charge in [0.1, 0.15) is 0 Å². The summed E-state index contributed by atoms with van der Waals surface area (Å²) in [6.45, 7) is 4.52. The smallest absolute Gasteiger partial charge is 0.308 e. The Morgan fingerprint density at radius 3 is 2.57 bits per heavy atom. The molecule has 1 aromatic heterocycles. The zero-order chi connectivity index (χ0) is 20.4. The number of rotatable bonds is 4. The Morgan fingerprint density at radius 2 is 2.00 bits per heavy atom. The summed E-state index contributed by atoms with van der Waals surface area (Å²) in [4.78, 5) is 28.1. The molecule has 0 N–H and O–H groups in total. The number of carbonyl (C=O) groups is 2. The van der Waals surface area contributed by atoms with Gasteiger partial charge in [0.05, 0.1) is 18.2 Å². The van der Waals surface area contributed by atoms with Crippen LogP contribution in [0.1, 0.15) is 36.9 Å². The average molecular weight is 448 g/mol. The maximum atomic E-state index is 12.2. The van der Waals surface area contributed by atoms with Crippen LogP contribution in [-0.4, -0.2) is 34.9 Å². The third-order valence-electron chi connectivity index (χ3n) is 3.91. The number of benzene rings is 1. The average Bonchev–Trinajstić information content (AvgIpc) is 3.08. The van der Waals surface area contributed by atoms with Crippen LogP contribution in [0.15, 0.2) is 40.0 Å². The minimum Gasteiger partial charge on any atom is -0.493 e. The number of hydrazone groups is 1. The summed E-state index contributed by atoms with van der Waals surface area (Å²) in [6, 6.07) is 6.96. The number of methoxy groups -OCH3 is 1. The molecule has 1 amide bonds. The standard InChI is InChI=1S/C19H18BrN3O5/c1-10-5-6-13(9-21-10)18-22-23(11(2)24)19(28-18)15-7-14(20)8-16(26-4)17(15)27-12(3)25/h5-9,19H,1-4H3/t19-/m0/s1. The first-order valence-corrected chi connectivity index (χ1v) is 9.13. The predicted octanol–water partition coefficient (Wildman–Crippen LogP) is 3.33. The number of aryl methyl sites for hydroxylation is 1. The molecular weight excluding hydrogens is 430 g/mol. The van der Waals surface area contributed by atoms with Crippen LogP contribution in [0.3, 0.4) is 0 Å². The zero-order valence-electron chi connectivity index (χ0n) is 15.7. The van der Waals surface area contributed by atoms with Gasteiger partial charge in [-0.1, -0.05) is 15.9 Å². The summed E-state index contributed by atoms with van der Waals surface area (Å²) in [5, 5.41) is 5.48. The number of esters is 1. The van der Waals surface area contributed by atoms with E-state index < -0.39 is 12.2 Å². The summed E-state index contributed by atoms with van der Waals surface area (Å²) in [6.07, 6.45) is 0.679.